The van der Waals surface area contributed by atoms with Crippen LogP contribution in [0.3, 0.4) is 0 Å². The van der Waals surface area contributed by atoms with Gasteiger partial charge in [-0.05, 0) is 78.8 Å². The molecule has 5 aliphatic rings. The molecule has 0 spiro atoms. The molecule has 4 aliphatic heterocycles. The third kappa shape index (κ3) is 6.47. The van der Waals surface area contributed by atoms with Gasteiger partial charge in [0.05, 0.1) is 17.9 Å². The summed E-state index contributed by atoms with van der Waals surface area (Å²) in [6.07, 6.45) is 3.44. The van der Waals surface area contributed by atoms with Crippen molar-refractivity contribution >= 4 is 63.5 Å². The van der Waals surface area contributed by atoms with Crippen molar-refractivity contribution in [3.63, 3.8) is 0 Å². The molecule has 0 saturated carbocycles. The summed E-state index contributed by atoms with van der Waals surface area (Å²) in [6, 6.07) is 15.3. The lowest BCUT2D eigenvalue weighted by molar-refractivity contribution is -0.137. The Morgan fingerprint density at radius 3 is 2.43 bits per heavy atom. The van der Waals surface area contributed by atoms with Gasteiger partial charge in [-0.15, -0.1) is 11.8 Å². The van der Waals surface area contributed by atoms with Gasteiger partial charge in [-0.3, -0.25) is 34.2 Å². The van der Waals surface area contributed by atoms with Crippen LogP contribution in [0.1, 0.15) is 95.1 Å². The number of nitrogens with one attached hydrogen (secondary N) is 2. The number of hydrogen-bond donors (Lipinski definition) is 2. The molecule has 1 unspecified atom stereocenters. The van der Waals surface area contributed by atoms with Gasteiger partial charge in [-0.2, -0.15) is 0 Å². The van der Waals surface area contributed by atoms with E-state index in [1.807, 2.05) is 29.2 Å². The summed E-state index contributed by atoms with van der Waals surface area (Å²) in [4.78, 5) is 81.2. The van der Waals surface area contributed by atoms with Crippen LogP contribution in [0.5, 0.6) is 0 Å². The number of carbonyl (C=O) groups is 5. The third-order valence-electron chi connectivity index (χ3n) is 13.1. The minimum atomic E-state index is -0.649. The number of ketones is 1. The Bertz CT molecular complexity index is 2450. The Hall–Kier alpha value is -5.45. The molecule has 4 amide bonds. The first-order chi connectivity index (χ1) is 27.9. The molecule has 1 aromatic heterocycles. The number of H-pyrrole nitrogens is 1. The van der Waals surface area contributed by atoms with Crippen molar-refractivity contribution in [3.05, 3.63) is 99.0 Å². The number of benzene rings is 3. The molecule has 3 fully saturated rings. The number of nitrogens with zero attached hydrogens (tertiary/aromatic N) is 5. The van der Waals surface area contributed by atoms with Crippen molar-refractivity contribution in [1.29, 1.82) is 0 Å². The van der Waals surface area contributed by atoms with Crippen LogP contribution in [-0.2, 0) is 32.8 Å². The molecule has 12 nitrogen and oxygen atoms in total. The number of hydrogen-bond acceptors (Lipinski definition) is 8. The molecule has 5 heterocycles. The zero-order chi connectivity index (χ0) is 40.5. The largest absolute Gasteiger partial charge is 0.371 e. The van der Waals surface area contributed by atoms with E-state index in [9.17, 15) is 24.0 Å². The van der Waals surface area contributed by atoms with Gasteiger partial charge in [0.2, 0.25) is 17.7 Å². The topological polar surface area (TPSA) is 130 Å². The zero-order valence-electron chi connectivity index (χ0n) is 33.2. The smallest absolute Gasteiger partial charge is 0.255 e. The highest BCUT2D eigenvalue weighted by Gasteiger charge is 2.42. The van der Waals surface area contributed by atoms with Crippen molar-refractivity contribution in [2.75, 3.05) is 49.9 Å². The minimum Gasteiger partial charge on any atom is -0.371 e. The first kappa shape index (κ1) is 38.1. The number of aromatic nitrogens is 1. The van der Waals surface area contributed by atoms with E-state index in [1.54, 1.807) is 17.0 Å². The fourth-order valence-electron chi connectivity index (χ4n) is 9.83. The second-order valence-electron chi connectivity index (χ2n) is 16.7. The monoisotopic (exact) mass is 797 g/mol. The lowest BCUT2D eigenvalue weighted by Gasteiger charge is -2.44. The number of piperazine rings is 1. The molecule has 58 heavy (non-hydrogen) atoms. The lowest BCUT2D eigenvalue weighted by atomic mass is 9.70. The number of anilines is 1. The molecule has 4 aromatic rings. The molecule has 0 radical (unpaired) electrons. The van der Waals surface area contributed by atoms with Crippen molar-refractivity contribution in [2.45, 2.75) is 81.8 Å². The number of piperidine rings is 2. The number of imide groups is 1. The number of amides is 4. The van der Waals surface area contributed by atoms with E-state index in [1.165, 1.54) is 23.0 Å². The number of aromatic amines is 1. The molecule has 1 aliphatic carbocycles. The van der Waals surface area contributed by atoms with Crippen LogP contribution in [0.4, 0.5) is 11.4 Å². The second-order valence-corrected chi connectivity index (χ2v) is 17.7. The first-order valence-electron chi connectivity index (χ1n) is 20.4. The molecule has 2 N–H and O–H groups in total. The lowest BCUT2D eigenvalue weighted by Crippen LogP contribution is -2.54. The van der Waals surface area contributed by atoms with Gasteiger partial charge in [0.15, 0.2) is 11.5 Å². The van der Waals surface area contributed by atoms with Gasteiger partial charge >= 0.3 is 0 Å². The number of fused-ring (bicyclic) bond motifs is 5. The highest BCUT2D eigenvalue weighted by atomic mass is 32.2. The SMILES string of the molecule is [C-]#[N+]c1ccc2c3c([nH]c2c1)C(C)(C)c1cc(N2CCC(N4CCN(C(=O)CSc5ccc6c(c5)CN(C5CCC(=O)NC5=O)C6=O)CC4)CC2)c(CC)cc1C3=O. The third-order valence-corrected chi connectivity index (χ3v) is 14.1. The molecule has 0 bridgehead atoms. The van der Waals surface area contributed by atoms with Gasteiger partial charge in [0, 0.05) is 102 Å². The molecule has 13 heteroatoms. The Morgan fingerprint density at radius 2 is 1.71 bits per heavy atom. The van der Waals surface area contributed by atoms with Crippen molar-refractivity contribution < 1.29 is 24.0 Å². The van der Waals surface area contributed by atoms with Crippen LogP contribution in [-0.4, -0.2) is 106 Å². The highest BCUT2D eigenvalue weighted by Crippen LogP contribution is 2.46. The normalized spacial score (nSPS) is 20.9. The molecule has 1 atom stereocenters. The van der Waals surface area contributed by atoms with Gasteiger partial charge < -0.3 is 19.7 Å². The Balaban J connectivity index is 0.795. The van der Waals surface area contributed by atoms with Gasteiger partial charge in [0.25, 0.3) is 5.91 Å². The van der Waals surface area contributed by atoms with Crippen molar-refractivity contribution in [2.24, 2.45) is 0 Å². The summed E-state index contributed by atoms with van der Waals surface area (Å²) in [6.45, 7) is 19.2. The Labute approximate surface area is 342 Å². The molecule has 298 valence electrons. The average molecular weight is 798 g/mol. The van der Waals surface area contributed by atoms with E-state index >= 15 is 0 Å². The van der Waals surface area contributed by atoms with Gasteiger partial charge in [-0.1, -0.05) is 32.9 Å². The van der Waals surface area contributed by atoms with Gasteiger partial charge in [0.1, 0.15) is 6.04 Å². The van der Waals surface area contributed by atoms with Crippen molar-refractivity contribution in [1.82, 2.24) is 25.0 Å². The predicted octanol–water partition coefficient (Wildman–Crippen LogP) is 5.82. The average Bonchev–Trinajstić information content (AvgIpc) is 3.79. The van der Waals surface area contributed by atoms with E-state index in [2.05, 4.69) is 57.8 Å². The van der Waals surface area contributed by atoms with Crippen LogP contribution in [0, 0.1) is 6.57 Å². The van der Waals surface area contributed by atoms with E-state index in [-0.39, 0.29) is 29.9 Å². The summed E-state index contributed by atoms with van der Waals surface area (Å²) in [7, 11) is 0. The van der Waals surface area contributed by atoms with Crippen LogP contribution in [0.25, 0.3) is 15.7 Å². The molecule has 3 aromatic carbocycles. The maximum Gasteiger partial charge on any atom is 0.255 e. The zero-order valence-corrected chi connectivity index (χ0v) is 34.0. The van der Waals surface area contributed by atoms with Crippen LogP contribution in [0.2, 0.25) is 0 Å². The maximum atomic E-state index is 14.1. The quantitative estimate of drug-likeness (QED) is 0.136. The number of aryl methyl sites for hydroxylation is 1. The summed E-state index contributed by atoms with van der Waals surface area (Å²) in [5, 5.41) is 3.22. The van der Waals surface area contributed by atoms with Crippen LogP contribution < -0.4 is 10.2 Å². The summed E-state index contributed by atoms with van der Waals surface area (Å²) >= 11 is 1.47. The van der Waals surface area contributed by atoms with Gasteiger partial charge in [-0.25, -0.2) is 4.85 Å². The van der Waals surface area contributed by atoms with E-state index < -0.39 is 17.4 Å². The predicted molar refractivity (Wildman–Crippen MR) is 223 cm³/mol. The number of carbonyl (C=O) groups excluding carboxylic acids is 5. The molecule has 9 rings (SSSR count). The minimum absolute atomic E-state index is 0.0447. The van der Waals surface area contributed by atoms with Crippen LogP contribution >= 0.6 is 11.8 Å². The highest BCUT2D eigenvalue weighted by molar-refractivity contribution is 8.00. The second kappa shape index (κ2) is 14.7. The number of rotatable bonds is 7. The maximum absolute atomic E-state index is 14.1. The molecule has 3 saturated heterocycles. The standard InChI is InChI=1S/C45H47N7O5S/c1-5-26-21-33-34(45(2,3)42-40(41(33)55)32-8-6-28(46-4)22-35(32)47-42)23-37(26)50-14-12-29(13-15-50)49-16-18-51(19-17-49)39(54)25-58-30-7-9-31-27(20-30)24-52(44(31)57)36-10-11-38(53)48-43(36)56/h6-9,20-23,29,36,47H,5,10-19,24-25H2,1-3H3,(H,48,53,56). The van der Waals surface area contributed by atoms with Crippen molar-refractivity contribution in [3.8, 4) is 0 Å². The Morgan fingerprint density at radius 1 is 0.931 bits per heavy atom. The fourth-order valence-corrected chi connectivity index (χ4v) is 10.7. The van der Waals surface area contributed by atoms with E-state index in [0.29, 0.717) is 49.1 Å². The van der Waals surface area contributed by atoms with Crippen LogP contribution in [0.15, 0.2) is 53.4 Å². The Kier molecular flexibility index (Phi) is 9.68. The molecular formula is C45H47N7O5S. The summed E-state index contributed by atoms with van der Waals surface area (Å²) in [5.41, 5.74) is 8.21. The fraction of sp³-hybridized carbons (Fsp3) is 0.422. The number of thioether (sulfide) groups is 1. The summed E-state index contributed by atoms with van der Waals surface area (Å²) in [5.74, 6) is -0.462. The summed E-state index contributed by atoms with van der Waals surface area (Å²) < 4.78 is 0. The van der Waals surface area contributed by atoms with E-state index in [4.69, 9.17) is 6.57 Å². The van der Waals surface area contributed by atoms with E-state index in [0.717, 1.165) is 89.2 Å². The molecular weight excluding hydrogens is 751 g/mol. The first-order valence-corrected chi connectivity index (χ1v) is 21.4.